The SMILES string of the molecule is C=CCNC(=O)C(=O)NCCOc1ccc(Cl)cc1. The molecule has 6 heteroatoms. The molecule has 2 N–H and O–H groups in total. The van der Waals surface area contributed by atoms with Crippen molar-refractivity contribution in [1.82, 2.24) is 10.6 Å². The Balaban J connectivity index is 2.20. The third kappa shape index (κ3) is 5.92. The zero-order valence-corrected chi connectivity index (χ0v) is 11.1. The Bertz CT molecular complexity index is 446. The third-order valence-electron chi connectivity index (χ3n) is 2.08. The largest absolute Gasteiger partial charge is 0.492 e. The number of amides is 2. The van der Waals surface area contributed by atoms with E-state index < -0.39 is 11.8 Å². The Morgan fingerprint density at radius 3 is 2.47 bits per heavy atom. The zero-order valence-electron chi connectivity index (χ0n) is 10.3. The summed E-state index contributed by atoms with van der Waals surface area (Å²) >= 11 is 5.73. The number of carbonyl (C=O) groups excluding carboxylic acids is 2. The molecule has 102 valence electrons. The monoisotopic (exact) mass is 282 g/mol. The van der Waals surface area contributed by atoms with Crippen molar-refractivity contribution in [3.05, 3.63) is 41.9 Å². The van der Waals surface area contributed by atoms with E-state index >= 15 is 0 Å². The molecule has 2 amide bonds. The first-order chi connectivity index (χ1) is 9.13. The standard InChI is InChI=1S/C13H15ClN2O3/c1-2-7-15-12(17)13(18)16-8-9-19-11-5-3-10(14)4-6-11/h2-6H,1,7-9H2,(H,15,17)(H,16,18). The van der Waals surface area contributed by atoms with E-state index in [1.807, 2.05) is 0 Å². The molecule has 0 atom stereocenters. The molecule has 0 bridgehead atoms. The quantitative estimate of drug-likeness (QED) is 0.467. The van der Waals surface area contributed by atoms with Crippen LogP contribution in [-0.2, 0) is 9.59 Å². The van der Waals surface area contributed by atoms with Crippen molar-refractivity contribution in [2.45, 2.75) is 0 Å². The molecular formula is C13H15ClN2O3. The van der Waals surface area contributed by atoms with Crippen LogP contribution in [0, 0.1) is 0 Å². The lowest BCUT2D eigenvalue weighted by Gasteiger charge is -2.07. The van der Waals surface area contributed by atoms with Crippen molar-refractivity contribution in [3.8, 4) is 5.75 Å². The molecule has 0 saturated heterocycles. The number of halogens is 1. The van der Waals surface area contributed by atoms with Crippen LogP contribution >= 0.6 is 11.6 Å². The summed E-state index contributed by atoms with van der Waals surface area (Å²) in [7, 11) is 0. The van der Waals surface area contributed by atoms with Gasteiger partial charge in [-0.1, -0.05) is 17.7 Å². The Hall–Kier alpha value is -2.01. The first kappa shape index (κ1) is 15.0. The fourth-order valence-corrected chi connectivity index (χ4v) is 1.32. The summed E-state index contributed by atoms with van der Waals surface area (Å²) in [4.78, 5) is 22.5. The molecule has 0 aliphatic heterocycles. The average Bonchev–Trinajstić information content (AvgIpc) is 2.42. The van der Waals surface area contributed by atoms with Gasteiger partial charge in [0.1, 0.15) is 12.4 Å². The van der Waals surface area contributed by atoms with Gasteiger partial charge in [-0.25, -0.2) is 0 Å². The van der Waals surface area contributed by atoms with Crippen LogP contribution in [0.4, 0.5) is 0 Å². The van der Waals surface area contributed by atoms with E-state index in [1.54, 1.807) is 24.3 Å². The predicted molar refractivity (Wildman–Crippen MR) is 73.2 cm³/mol. The Labute approximate surface area is 116 Å². The minimum atomic E-state index is -0.693. The van der Waals surface area contributed by atoms with E-state index in [9.17, 15) is 9.59 Å². The first-order valence-corrected chi connectivity index (χ1v) is 6.06. The van der Waals surface area contributed by atoms with Crippen LogP contribution in [0.2, 0.25) is 5.02 Å². The maximum Gasteiger partial charge on any atom is 0.309 e. The van der Waals surface area contributed by atoms with Crippen LogP contribution in [0.25, 0.3) is 0 Å². The lowest BCUT2D eigenvalue weighted by atomic mass is 10.3. The van der Waals surface area contributed by atoms with Gasteiger partial charge in [0.2, 0.25) is 0 Å². The van der Waals surface area contributed by atoms with E-state index in [0.29, 0.717) is 10.8 Å². The van der Waals surface area contributed by atoms with Crippen LogP contribution < -0.4 is 15.4 Å². The molecule has 1 rings (SSSR count). The second-order valence-corrected chi connectivity index (χ2v) is 3.99. The molecule has 1 aromatic rings. The molecule has 0 heterocycles. The highest BCUT2D eigenvalue weighted by molar-refractivity contribution is 6.35. The molecular weight excluding hydrogens is 268 g/mol. The van der Waals surface area contributed by atoms with Crippen LogP contribution in [0.5, 0.6) is 5.75 Å². The van der Waals surface area contributed by atoms with Gasteiger partial charge in [0.15, 0.2) is 0 Å². The molecule has 0 unspecified atom stereocenters. The normalized spacial score (nSPS) is 9.53. The molecule has 0 fully saturated rings. The fourth-order valence-electron chi connectivity index (χ4n) is 1.19. The minimum absolute atomic E-state index is 0.239. The van der Waals surface area contributed by atoms with E-state index in [1.165, 1.54) is 6.08 Å². The van der Waals surface area contributed by atoms with Crippen molar-refractivity contribution >= 4 is 23.4 Å². The first-order valence-electron chi connectivity index (χ1n) is 5.69. The second-order valence-electron chi connectivity index (χ2n) is 3.56. The highest BCUT2D eigenvalue weighted by atomic mass is 35.5. The minimum Gasteiger partial charge on any atom is -0.492 e. The lowest BCUT2D eigenvalue weighted by Crippen LogP contribution is -2.41. The fraction of sp³-hybridized carbons (Fsp3) is 0.231. The van der Waals surface area contributed by atoms with Crippen molar-refractivity contribution in [1.29, 1.82) is 0 Å². The Morgan fingerprint density at radius 2 is 1.84 bits per heavy atom. The highest BCUT2D eigenvalue weighted by Gasteiger charge is 2.10. The zero-order chi connectivity index (χ0) is 14.1. The summed E-state index contributed by atoms with van der Waals surface area (Å²) in [5, 5.41) is 5.43. The van der Waals surface area contributed by atoms with E-state index in [0.717, 1.165) is 0 Å². The number of carbonyl (C=O) groups is 2. The third-order valence-corrected chi connectivity index (χ3v) is 2.34. The van der Waals surface area contributed by atoms with E-state index in [4.69, 9.17) is 16.3 Å². The maximum atomic E-state index is 11.3. The van der Waals surface area contributed by atoms with Gasteiger partial charge in [0.05, 0.1) is 6.54 Å². The van der Waals surface area contributed by atoms with Crippen molar-refractivity contribution < 1.29 is 14.3 Å². The number of rotatable bonds is 6. The molecule has 0 aliphatic rings. The maximum absolute atomic E-state index is 11.3. The van der Waals surface area contributed by atoms with Crippen LogP contribution in [0.1, 0.15) is 0 Å². The van der Waals surface area contributed by atoms with Gasteiger partial charge < -0.3 is 15.4 Å². The Kier molecular flexibility index (Phi) is 6.46. The number of hydrogen-bond acceptors (Lipinski definition) is 3. The van der Waals surface area contributed by atoms with Gasteiger partial charge in [-0.15, -0.1) is 6.58 Å². The summed E-state index contributed by atoms with van der Waals surface area (Å²) in [6.07, 6.45) is 1.49. The van der Waals surface area contributed by atoms with Gasteiger partial charge in [-0.2, -0.15) is 0 Å². The molecule has 0 aliphatic carbocycles. The van der Waals surface area contributed by atoms with Gasteiger partial charge >= 0.3 is 11.8 Å². The molecule has 0 saturated carbocycles. The van der Waals surface area contributed by atoms with Crippen LogP contribution in [0.3, 0.4) is 0 Å². The second kappa shape index (κ2) is 8.16. The smallest absolute Gasteiger partial charge is 0.309 e. The molecule has 1 aromatic carbocycles. The molecule has 0 aromatic heterocycles. The number of benzene rings is 1. The van der Waals surface area contributed by atoms with Crippen molar-refractivity contribution in [2.75, 3.05) is 19.7 Å². The molecule has 0 spiro atoms. The van der Waals surface area contributed by atoms with Gasteiger partial charge in [0.25, 0.3) is 0 Å². The topological polar surface area (TPSA) is 67.4 Å². The summed E-state index contributed by atoms with van der Waals surface area (Å²) < 4.78 is 5.35. The summed E-state index contributed by atoms with van der Waals surface area (Å²) in [6, 6.07) is 6.86. The van der Waals surface area contributed by atoms with Gasteiger partial charge in [-0.3, -0.25) is 9.59 Å². The number of hydrogen-bond donors (Lipinski definition) is 2. The molecule has 0 radical (unpaired) electrons. The summed E-state index contributed by atoms with van der Waals surface area (Å²) in [5.74, 6) is -0.734. The number of ether oxygens (including phenoxy) is 1. The van der Waals surface area contributed by atoms with Crippen molar-refractivity contribution in [2.24, 2.45) is 0 Å². The van der Waals surface area contributed by atoms with E-state index in [-0.39, 0.29) is 19.7 Å². The molecule has 5 nitrogen and oxygen atoms in total. The van der Waals surface area contributed by atoms with Crippen LogP contribution in [0.15, 0.2) is 36.9 Å². The average molecular weight is 283 g/mol. The van der Waals surface area contributed by atoms with E-state index in [2.05, 4.69) is 17.2 Å². The Morgan fingerprint density at radius 1 is 1.21 bits per heavy atom. The summed E-state index contributed by atoms with van der Waals surface area (Å²) in [5.41, 5.74) is 0. The highest BCUT2D eigenvalue weighted by Crippen LogP contribution is 2.14. The van der Waals surface area contributed by atoms with Gasteiger partial charge in [0, 0.05) is 11.6 Å². The van der Waals surface area contributed by atoms with Crippen LogP contribution in [-0.4, -0.2) is 31.5 Å². The molecule has 19 heavy (non-hydrogen) atoms. The van der Waals surface area contributed by atoms with Gasteiger partial charge in [-0.05, 0) is 24.3 Å². The summed E-state index contributed by atoms with van der Waals surface area (Å²) in [6.45, 7) is 4.19. The number of nitrogens with one attached hydrogen (secondary N) is 2. The predicted octanol–water partition coefficient (Wildman–Crippen LogP) is 1.14. The van der Waals surface area contributed by atoms with Crippen molar-refractivity contribution in [3.63, 3.8) is 0 Å². The lowest BCUT2D eigenvalue weighted by molar-refractivity contribution is -0.139.